The molecule has 0 heterocycles. The van der Waals surface area contributed by atoms with Gasteiger partial charge in [0.05, 0.1) is 10.7 Å². The molecule has 0 aromatic heterocycles. The van der Waals surface area contributed by atoms with E-state index in [1.165, 1.54) is 19.3 Å². The summed E-state index contributed by atoms with van der Waals surface area (Å²) >= 11 is 11.8. The Labute approximate surface area is 145 Å². The SMILES string of the molecule is O=C(COC(=O)C[C@H]1C[C@@H]2CC[C@@H]1C2)Nc1ccc(Cl)cc1Cl. The minimum absolute atomic E-state index is 0.292. The molecule has 2 saturated carbocycles. The number of hydrogen-bond donors (Lipinski definition) is 1. The summed E-state index contributed by atoms with van der Waals surface area (Å²) in [4.78, 5) is 23.7. The number of amides is 1. The Morgan fingerprint density at radius 2 is 2.04 bits per heavy atom. The zero-order valence-corrected chi connectivity index (χ0v) is 14.2. The van der Waals surface area contributed by atoms with Crippen LogP contribution >= 0.6 is 23.2 Å². The molecule has 1 aromatic carbocycles. The molecule has 2 fully saturated rings. The number of carbonyl (C=O) groups is 2. The Hall–Kier alpha value is -1.26. The Balaban J connectivity index is 1.42. The van der Waals surface area contributed by atoms with Gasteiger partial charge in [-0.15, -0.1) is 0 Å². The van der Waals surface area contributed by atoms with E-state index in [2.05, 4.69) is 5.32 Å². The van der Waals surface area contributed by atoms with Crippen molar-refractivity contribution in [1.82, 2.24) is 0 Å². The summed E-state index contributed by atoms with van der Waals surface area (Å²) in [5, 5.41) is 3.44. The number of rotatable bonds is 5. The summed E-state index contributed by atoms with van der Waals surface area (Å²) in [5.74, 6) is 1.22. The predicted molar refractivity (Wildman–Crippen MR) is 89.6 cm³/mol. The van der Waals surface area contributed by atoms with Crippen LogP contribution in [0.25, 0.3) is 0 Å². The summed E-state index contributed by atoms with van der Waals surface area (Å²) < 4.78 is 5.09. The van der Waals surface area contributed by atoms with Gasteiger partial charge in [-0.1, -0.05) is 29.6 Å². The van der Waals surface area contributed by atoms with E-state index in [9.17, 15) is 9.59 Å². The van der Waals surface area contributed by atoms with Crippen LogP contribution in [0.2, 0.25) is 10.0 Å². The van der Waals surface area contributed by atoms with Crippen molar-refractivity contribution >= 4 is 40.8 Å². The van der Waals surface area contributed by atoms with Gasteiger partial charge in [-0.2, -0.15) is 0 Å². The van der Waals surface area contributed by atoms with Crippen molar-refractivity contribution in [2.45, 2.75) is 32.1 Å². The van der Waals surface area contributed by atoms with Gasteiger partial charge in [0, 0.05) is 11.4 Å². The van der Waals surface area contributed by atoms with Gasteiger partial charge in [-0.25, -0.2) is 0 Å². The highest BCUT2D eigenvalue weighted by atomic mass is 35.5. The monoisotopic (exact) mass is 355 g/mol. The summed E-state index contributed by atoms with van der Waals surface area (Å²) in [7, 11) is 0. The third-order valence-corrected chi connectivity index (χ3v) is 5.43. The van der Waals surface area contributed by atoms with E-state index >= 15 is 0 Å². The van der Waals surface area contributed by atoms with Gasteiger partial charge >= 0.3 is 5.97 Å². The maximum Gasteiger partial charge on any atom is 0.306 e. The molecule has 23 heavy (non-hydrogen) atoms. The number of esters is 1. The van der Waals surface area contributed by atoms with Gasteiger partial charge < -0.3 is 10.1 Å². The number of benzene rings is 1. The molecule has 0 aliphatic heterocycles. The summed E-state index contributed by atoms with van der Waals surface area (Å²) in [6, 6.07) is 4.78. The molecule has 6 heteroatoms. The number of ether oxygens (including phenoxy) is 1. The molecule has 124 valence electrons. The molecule has 0 spiro atoms. The van der Waals surface area contributed by atoms with Crippen LogP contribution in [0.3, 0.4) is 0 Å². The van der Waals surface area contributed by atoms with Gasteiger partial charge in [0.25, 0.3) is 5.91 Å². The Kier molecular flexibility index (Phi) is 5.12. The van der Waals surface area contributed by atoms with E-state index < -0.39 is 5.91 Å². The molecule has 0 radical (unpaired) electrons. The van der Waals surface area contributed by atoms with Crippen molar-refractivity contribution in [2.24, 2.45) is 17.8 Å². The van der Waals surface area contributed by atoms with E-state index in [0.717, 1.165) is 12.3 Å². The summed E-state index contributed by atoms with van der Waals surface area (Å²) in [5.41, 5.74) is 0.449. The van der Waals surface area contributed by atoms with Crippen molar-refractivity contribution in [2.75, 3.05) is 11.9 Å². The quantitative estimate of drug-likeness (QED) is 0.801. The van der Waals surface area contributed by atoms with Crippen LogP contribution in [0, 0.1) is 17.8 Å². The predicted octanol–water partition coefficient (Wildman–Crippen LogP) is 4.30. The van der Waals surface area contributed by atoms with Crippen LogP contribution in [0.5, 0.6) is 0 Å². The first-order valence-corrected chi connectivity index (χ1v) is 8.67. The van der Waals surface area contributed by atoms with Crippen LogP contribution < -0.4 is 5.32 Å². The molecule has 3 atom stereocenters. The molecule has 0 saturated heterocycles. The summed E-state index contributed by atoms with van der Waals surface area (Å²) in [6.07, 6.45) is 5.36. The van der Waals surface area contributed by atoms with Gasteiger partial charge in [-0.3, -0.25) is 9.59 Å². The van der Waals surface area contributed by atoms with Crippen LogP contribution in [0.15, 0.2) is 18.2 Å². The first-order chi connectivity index (χ1) is 11.0. The number of hydrogen-bond acceptors (Lipinski definition) is 3. The lowest BCUT2D eigenvalue weighted by Crippen LogP contribution is -2.23. The lowest BCUT2D eigenvalue weighted by atomic mass is 9.86. The Morgan fingerprint density at radius 1 is 1.22 bits per heavy atom. The van der Waals surface area contributed by atoms with E-state index in [1.807, 2.05) is 0 Å². The van der Waals surface area contributed by atoms with Crippen molar-refractivity contribution in [3.8, 4) is 0 Å². The molecule has 2 aliphatic rings. The first-order valence-electron chi connectivity index (χ1n) is 7.92. The molecule has 1 amide bonds. The summed E-state index contributed by atoms with van der Waals surface area (Å²) in [6.45, 7) is -0.293. The fraction of sp³-hybridized carbons (Fsp3) is 0.529. The zero-order valence-electron chi connectivity index (χ0n) is 12.7. The minimum Gasteiger partial charge on any atom is -0.456 e. The normalized spacial score (nSPS) is 25.4. The Morgan fingerprint density at radius 3 is 2.70 bits per heavy atom. The van der Waals surface area contributed by atoms with Gasteiger partial charge in [0.1, 0.15) is 0 Å². The smallest absolute Gasteiger partial charge is 0.306 e. The topological polar surface area (TPSA) is 55.4 Å². The number of carbonyl (C=O) groups excluding carboxylic acids is 2. The third-order valence-electron chi connectivity index (χ3n) is 4.88. The van der Waals surface area contributed by atoms with E-state index in [4.69, 9.17) is 27.9 Å². The highest BCUT2D eigenvalue weighted by Crippen LogP contribution is 2.49. The number of halogens is 2. The van der Waals surface area contributed by atoms with Crippen molar-refractivity contribution in [1.29, 1.82) is 0 Å². The molecule has 1 N–H and O–H groups in total. The maximum absolute atomic E-state index is 11.9. The fourth-order valence-electron chi connectivity index (χ4n) is 3.82. The maximum atomic E-state index is 11.9. The lowest BCUT2D eigenvalue weighted by molar-refractivity contribution is -0.148. The average molecular weight is 356 g/mol. The van der Waals surface area contributed by atoms with Gasteiger partial charge in [-0.05, 0) is 55.2 Å². The molecule has 4 nitrogen and oxygen atoms in total. The molecular formula is C17H19Cl2NO3. The standard InChI is InChI=1S/C17H19Cl2NO3/c18-13-3-4-15(14(19)8-13)20-16(21)9-23-17(22)7-12-6-10-1-2-11(12)5-10/h3-4,8,10-12H,1-2,5-7,9H2,(H,20,21)/t10-,11-,12-/m1/s1. The number of anilines is 1. The fourth-order valence-corrected chi connectivity index (χ4v) is 4.28. The average Bonchev–Trinajstić information content (AvgIpc) is 3.11. The van der Waals surface area contributed by atoms with Crippen molar-refractivity contribution < 1.29 is 14.3 Å². The number of fused-ring (bicyclic) bond motifs is 2. The van der Waals surface area contributed by atoms with Crippen LogP contribution in [-0.4, -0.2) is 18.5 Å². The molecule has 3 rings (SSSR count). The first kappa shape index (κ1) is 16.6. The largest absolute Gasteiger partial charge is 0.456 e. The van der Waals surface area contributed by atoms with Crippen LogP contribution in [0.4, 0.5) is 5.69 Å². The second kappa shape index (κ2) is 7.10. The zero-order chi connectivity index (χ0) is 16.4. The number of nitrogens with one attached hydrogen (secondary N) is 1. The highest BCUT2D eigenvalue weighted by molar-refractivity contribution is 6.36. The van der Waals surface area contributed by atoms with Crippen molar-refractivity contribution in [3.63, 3.8) is 0 Å². The van der Waals surface area contributed by atoms with Gasteiger partial charge in [0.2, 0.25) is 0 Å². The second-order valence-corrected chi connectivity index (χ2v) is 7.32. The Bertz CT molecular complexity index is 620. The third kappa shape index (κ3) is 4.18. The highest BCUT2D eigenvalue weighted by Gasteiger charge is 2.40. The van der Waals surface area contributed by atoms with E-state index in [0.29, 0.717) is 34.0 Å². The molecule has 2 aliphatic carbocycles. The molecular weight excluding hydrogens is 337 g/mol. The van der Waals surface area contributed by atoms with Crippen LogP contribution in [-0.2, 0) is 14.3 Å². The van der Waals surface area contributed by atoms with Gasteiger partial charge in [0.15, 0.2) is 6.61 Å². The van der Waals surface area contributed by atoms with E-state index in [-0.39, 0.29) is 12.6 Å². The minimum atomic E-state index is -0.407. The van der Waals surface area contributed by atoms with Crippen molar-refractivity contribution in [3.05, 3.63) is 28.2 Å². The molecule has 1 aromatic rings. The molecule has 0 unspecified atom stereocenters. The van der Waals surface area contributed by atoms with E-state index in [1.54, 1.807) is 18.2 Å². The van der Waals surface area contributed by atoms with Crippen LogP contribution in [0.1, 0.15) is 32.1 Å². The lowest BCUT2D eigenvalue weighted by Gasteiger charge is -2.20. The second-order valence-electron chi connectivity index (χ2n) is 6.47. The molecule has 2 bridgehead atoms.